The standard InChI is InChI=1S/C8H11ClO2SSi.Cl3Si/c1-2-13(9)12(10,11)8-6-4-3-5-7-8;1-4(2)3/h3-7,13H,2H2,1H3;. The van der Waals surface area contributed by atoms with Gasteiger partial charge in [-0.2, -0.15) is 0 Å². The largest absolute Gasteiger partial charge is 0.376 e. The fraction of sp³-hybridized carbons (Fsp3) is 0.250. The van der Waals surface area contributed by atoms with E-state index in [4.69, 9.17) is 44.3 Å². The Morgan fingerprint density at radius 1 is 1.18 bits per heavy atom. The average Bonchev–Trinajstić information content (AvgIpc) is 2.28. The molecule has 1 atom stereocenters. The van der Waals surface area contributed by atoms with Crippen LogP contribution in [0.15, 0.2) is 35.2 Å². The van der Waals surface area contributed by atoms with E-state index in [0.29, 0.717) is 10.9 Å². The first-order chi connectivity index (χ1) is 7.82. The topological polar surface area (TPSA) is 34.1 Å². The molecular weight excluding hydrogens is 358 g/mol. The van der Waals surface area contributed by atoms with Gasteiger partial charge < -0.3 is 0 Å². The molecule has 0 fully saturated rings. The Labute approximate surface area is 123 Å². The quantitative estimate of drug-likeness (QED) is 0.603. The van der Waals surface area contributed by atoms with E-state index in [9.17, 15) is 8.42 Å². The van der Waals surface area contributed by atoms with Crippen LogP contribution < -0.4 is 0 Å². The van der Waals surface area contributed by atoms with Crippen molar-refractivity contribution in [1.29, 1.82) is 0 Å². The van der Waals surface area contributed by atoms with Crippen molar-refractivity contribution in [3.8, 4) is 0 Å². The lowest BCUT2D eigenvalue weighted by Gasteiger charge is -2.06. The number of halogens is 4. The third-order valence-electron chi connectivity index (χ3n) is 1.73. The summed E-state index contributed by atoms with van der Waals surface area (Å²) in [5, 5.41) is 0. The van der Waals surface area contributed by atoms with Gasteiger partial charge in [0.15, 0.2) is 9.29 Å². The maximum absolute atomic E-state index is 11.7. The van der Waals surface area contributed by atoms with Crippen molar-refractivity contribution in [2.75, 3.05) is 0 Å². The van der Waals surface area contributed by atoms with E-state index in [0.717, 1.165) is 0 Å². The SMILES string of the molecule is CC[SiH](Cl)S(=O)(=O)c1ccccc1.Cl[Si](Cl)Cl. The Kier molecular flexibility index (Phi) is 9.19. The minimum Gasteiger partial charge on any atom is -0.230 e. The van der Waals surface area contributed by atoms with Crippen molar-refractivity contribution in [3.63, 3.8) is 0 Å². The molecule has 0 N–H and O–H groups in total. The first-order valence-electron chi connectivity index (χ1n) is 4.58. The maximum Gasteiger partial charge on any atom is 0.376 e. The van der Waals surface area contributed by atoms with E-state index in [1.165, 1.54) is 0 Å². The Morgan fingerprint density at radius 3 is 1.94 bits per heavy atom. The summed E-state index contributed by atoms with van der Waals surface area (Å²) in [5.41, 5.74) is 0. The van der Waals surface area contributed by atoms with Gasteiger partial charge in [0.2, 0.25) is 0 Å². The van der Waals surface area contributed by atoms with Crippen LogP contribution >= 0.6 is 44.3 Å². The van der Waals surface area contributed by atoms with Gasteiger partial charge in [-0.05, 0) is 18.2 Å². The molecule has 1 rings (SSSR count). The molecular formula is C8H11Cl4O2SSi2. The molecule has 0 amide bonds. The van der Waals surface area contributed by atoms with Crippen LogP contribution in [-0.2, 0) is 9.29 Å². The number of hydrogen-bond acceptors (Lipinski definition) is 2. The molecule has 0 bridgehead atoms. The Balaban J connectivity index is 0.000000557. The van der Waals surface area contributed by atoms with Gasteiger partial charge in [-0.1, -0.05) is 25.1 Å². The van der Waals surface area contributed by atoms with Gasteiger partial charge in [-0.15, -0.1) is 44.3 Å². The molecule has 0 spiro atoms. The highest BCUT2D eigenvalue weighted by Crippen LogP contribution is 2.17. The molecule has 97 valence electrons. The van der Waals surface area contributed by atoms with E-state index in [1.807, 2.05) is 6.92 Å². The number of rotatable bonds is 3. The van der Waals surface area contributed by atoms with Crippen molar-refractivity contribution < 1.29 is 8.42 Å². The van der Waals surface area contributed by atoms with Crippen LogP contribution in [-0.4, -0.2) is 22.4 Å². The minimum absolute atomic E-state index is 0.350. The van der Waals surface area contributed by atoms with Crippen LogP contribution in [0, 0.1) is 0 Å². The second-order valence-electron chi connectivity index (χ2n) is 2.89. The summed E-state index contributed by atoms with van der Waals surface area (Å²) in [4.78, 5) is 0.350. The third-order valence-corrected chi connectivity index (χ3v) is 10.8. The van der Waals surface area contributed by atoms with Gasteiger partial charge >= 0.3 is 6.73 Å². The van der Waals surface area contributed by atoms with Crippen molar-refractivity contribution in [2.24, 2.45) is 0 Å². The molecule has 0 heterocycles. The third kappa shape index (κ3) is 7.05. The van der Waals surface area contributed by atoms with Gasteiger partial charge in [0.1, 0.15) is 0 Å². The van der Waals surface area contributed by atoms with Gasteiger partial charge in [-0.25, -0.2) is 8.42 Å². The first-order valence-corrected chi connectivity index (χ1v) is 14.6. The number of hydrogen-bond donors (Lipinski definition) is 0. The van der Waals surface area contributed by atoms with Crippen molar-refractivity contribution in [2.45, 2.75) is 17.9 Å². The zero-order valence-corrected chi connectivity index (χ0v) is 14.9. The molecule has 1 radical (unpaired) electrons. The Bertz CT molecular complexity index is 410. The van der Waals surface area contributed by atoms with E-state index in [2.05, 4.69) is 0 Å². The lowest BCUT2D eigenvalue weighted by molar-refractivity contribution is 0.608. The lowest BCUT2D eigenvalue weighted by atomic mass is 10.4. The second kappa shape index (κ2) is 8.79. The molecule has 1 aromatic rings. The molecule has 0 saturated carbocycles. The van der Waals surface area contributed by atoms with Crippen molar-refractivity contribution >= 4 is 67.6 Å². The molecule has 0 aromatic heterocycles. The Hall–Kier alpha value is 0.764. The average molecular weight is 369 g/mol. The monoisotopic (exact) mass is 367 g/mol. The normalized spacial score (nSPS) is 12.8. The molecule has 9 heteroatoms. The zero-order valence-electron chi connectivity index (χ0n) is 8.91. The minimum atomic E-state index is -3.18. The van der Waals surface area contributed by atoms with Crippen LogP contribution in [0.5, 0.6) is 0 Å². The summed E-state index contributed by atoms with van der Waals surface area (Å²) in [7, 11) is -5.36. The molecule has 0 aliphatic heterocycles. The fourth-order valence-corrected chi connectivity index (χ4v) is 5.85. The summed E-state index contributed by atoms with van der Waals surface area (Å²) in [6.45, 7) is 0.347. The summed E-state index contributed by atoms with van der Waals surface area (Å²) >= 11 is 20.6. The smallest absolute Gasteiger partial charge is 0.230 e. The molecule has 0 aliphatic carbocycles. The van der Waals surface area contributed by atoms with E-state index >= 15 is 0 Å². The van der Waals surface area contributed by atoms with Crippen LogP contribution in [0.1, 0.15) is 6.92 Å². The summed E-state index contributed by atoms with van der Waals surface area (Å²) in [6.07, 6.45) is 0. The van der Waals surface area contributed by atoms with Gasteiger partial charge in [0, 0.05) is 0 Å². The summed E-state index contributed by atoms with van der Waals surface area (Å²) in [5.74, 6) is 0. The van der Waals surface area contributed by atoms with E-state index < -0.39 is 23.3 Å². The number of benzene rings is 1. The van der Waals surface area contributed by atoms with Gasteiger partial charge in [-0.3, -0.25) is 0 Å². The second-order valence-corrected chi connectivity index (χ2v) is 17.6. The highest BCUT2D eigenvalue weighted by Gasteiger charge is 2.25. The van der Waals surface area contributed by atoms with Crippen molar-refractivity contribution in [1.82, 2.24) is 0 Å². The highest BCUT2D eigenvalue weighted by atomic mass is 35.8. The predicted octanol–water partition coefficient (Wildman–Crippen LogP) is 3.63. The molecule has 17 heavy (non-hydrogen) atoms. The van der Waals surface area contributed by atoms with Crippen LogP contribution in [0.3, 0.4) is 0 Å². The maximum atomic E-state index is 11.7. The molecule has 0 saturated heterocycles. The molecule has 0 aliphatic rings. The van der Waals surface area contributed by atoms with Gasteiger partial charge in [0.25, 0.3) is 7.26 Å². The predicted molar refractivity (Wildman–Crippen MR) is 80.4 cm³/mol. The van der Waals surface area contributed by atoms with Gasteiger partial charge in [0.05, 0.1) is 4.90 Å². The molecule has 1 unspecified atom stereocenters. The summed E-state index contributed by atoms with van der Waals surface area (Å²) < 4.78 is 23.4. The first kappa shape index (κ1) is 17.8. The fourth-order valence-electron chi connectivity index (χ4n) is 0.977. The summed E-state index contributed by atoms with van der Waals surface area (Å²) in [6, 6.07) is 8.94. The van der Waals surface area contributed by atoms with E-state index in [-0.39, 0.29) is 0 Å². The van der Waals surface area contributed by atoms with Crippen LogP contribution in [0.2, 0.25) is 6.04 Å². The van der Waals surface area contributed by atoms with E-state index in [1.54, 1.807) is 30.3 Å². The lowest BCUT2D eigenvalue weighted by Crippen LogP contribution is -2.18. The van der Waals surface area contributed by atoms with Crippen LogP contribution in [0.4, 0.5) is 0 Å². The van der Waals surface area contributed by atoms with Crippen LogP contribution in [0.25, 0.3) is 0 Å². The van der Waals surface area contributed by atoms with Crippen molar-refractivity contribution in [3.05, 3.63) is 30.3 Å². The highest BCUT2D eigenvalue weighted by molar-refractivity contribution is 8.23. The Morgan fingerprint density at radius 2 is 1.59 bits per heavy atom. The molecule has 2 nitrogen and oxygen atoms in total. The molecule has 1 aromatic carbocycles. The zero-order chi connectivity index (χ0) is 13.5.